The van der Waals surface area contributed by atoms with E-state index in [9.17, 15) is 4.79 Å². The summed E-state index contributed by atoms with van der Waals surface area (Å²) in [6, 6.07) is 3.64. The van der Waals surface area contributed by atoms with Crippen LogP contribution in [0.5, 0.6) is 0 Å². The average Bonchev–Trinajstić information content (AvgIpc) is 2.16. The molecule has 0 spiro atoms. The van der Waals surface area contributed by atoms with Crippen molar-refractivity contribution in [3.05, 3.63) is 23.9 Å². The molecule has 1 rings (SSSR count). The highest BCUT2D eigenvalue weighted by atomic mass is 32.1. The van der Waals surface area contributed by atoms with Gasteiger partial charge in [0.05, 0.1) is 10.9 Å². The Morgan fingerprint density at radius 2 is 2.33 bits per heavy atom. The quantitative estimate of drug-likeness (QED) is 0.757. The summed E-state index contributed by atoms with van der Waals surface area (Å²) in [6.45, 7) is 3.59. The van der Waals surface area contributed by atoms with Crippen LogP contribution in [0.2, 0.25) is 0 Å². The molecule has 80 valence electrons. The summed E-state index contributed by atoms with van der Waals surface area (Å²) >= 11 is 4.73. The number of thiocarbonyl (C=S) groups is 1. The predicted octanol–water partition coefficient (Wildman–Crippen LogP) is 1.25. The molecule has 0 saturated heterocycles. The molecule has 1 atom stereocenters. The average molecular weight is 223 g/mol. The second-order valence-electron chi connectivity index (χ2n) is 3.33. The SMILES string of the molecule is Cc1ccnc(NC(=O)C(C)C(N)=S)c1. The Hall–Kier alpha value is -1.49. The van der Waals surface area contributed by atoms with Gasteiger partial charge in [-0.2, -0.15) is 0 Å². The highest BCUT2D eigenvalue weighted by Gasteiger charge is 2.15. The van der Waals surface area contributed by atoms with E-state index in [-0.39, 0.29) is 10.9 Å². The van der Waals surface area contributed by atoms with E-state index < -0.39 is 5.92 Å². The van der Waals surface area contributed by atoms with Crippen LogP contribution in [-0.2, 0) is 4.79 Å². The van der Waals surface area contributed by atoms with Crippen LogP contribution in [0, 0.1) is 12.8 Å². The third-order valence-electron chi connectivity index (χ3n) is 1.99. The van der Waals surface area contributed by atoms with E-state index in [0.717, 1.165) is 5.56 Å². The van der Waals surface area contributed by atoms with Gasteiger partial charge in [-0.05, 0) is 31.5 Å². The Labute approximate surface area is 93.9 Å². The Morgan fingerprint density at radius 1 is 1.67 bits per heavy atom. The van der Waals surface area contributed by atoms with E-state index in [0.29, 0.717) is 5.82 Å². The molecule has 4 nitrogen and oxygen atoms in total. The largest absolute Gasteiger partial charge is 0.393 e. The molecule has 1 heterocycles. The number of hydrogen-bond donors (Lipinski definition) is 2. The number of nitrogens with one attached hydrogen (secondary N) is 1. The van der Waals surface area contributed by atoms with Crippen LogP contribution in [0.15, 0.2) is 18.3 Å². The number of anilines is 1. The molecule has 1 amide bonds. The maximum Gasteiger partial charge on any atom is 0.235 e. The fraction of sp³-hybridized carbons (Fsp3) is 0.300. The molecule has 0 bridgehead atoms. The van der Waals surface area contributed by atoms with Crippen molar-refractivity contribution in [3.8, 4) is 0 Å². The molecule has 0 aromatic carbocycles. The molecule has 1 aromatic heterocycles. The molecule has 5 heteroatoms. The number of carbonyl (C=O) groups excluding carboxylic acids is 1. The predicted molar refractivity (Wildman–Crippen MR) is 63.6 cm³/mol. The van der Waals surface area contributed by atoms with Crippen molar-refractivity contribution in [2.45, 2.75) is 13.8 Å². The summed E-state index contributed by atoms with van der Waals surface area (Å²) in [7, 11) is 0. The first-order chi connectivity index (χ1) is 7.00. The standard InChI is InChI=1S/C10H13N3OS/c1-6-3-4-12-8(5-6)13-10(14)7(2)9(11)15/h3-5,7H,1-2H3,(H2,11,15)(H,12,13,14). The monoisotopic (exact) mass is 223 g/mol. The summed E-state index contributed by atoms with van der Waals surface area (Å²) < 4.78 is 0. The molecule has 1 aromatic rings. The molecule has 0 radical (unpaired) electrons. The molecular weight excluding hydrogens is 210 g/mol. The van der Waals surface area contributed by atoms with Gasteiger partial charge in [-0.3, -0.25) is 4.79 Å². The number of nitrogens with two attached hydrogens (primary N) is 1. The van der Waals surface area contributed by atoms with Gasteiger partial charge >= 0.3 is 0 Å². The maximum absolute atomic E-state index is 11.5. The molecule has 15 heavy (non-hydrogen) atoms. The van der Waals surface area contributed by atoms with Gasteiger partial charge in [-0.15, -0.1) is 0 Å². The van der Waals surface area contributed by atoms with Gasteiger partial charge < -0.3 is 11.1 Å². The topological polar surface area (TPSA) is 68.0 Å². The third kappa shape index (κ3) is 3.28. The van der Waals surface area contributed by atoms with Crippen LogP contribution in [0.25, 0.3) is 0 Å². The molecule has 1 unspecified atom stereocenters. The molecule has 0 aliphatic rings. The Bertz CT molecular complexity index is 392. The second-order valence-corrected chi connectivity index (χ2v) is 3.80. The first-order valence-corrected chi connectivity index (χ1v) is 4.94. The minimum Gasteiger partial charge on any atom is -0.393 e. The van der Waals surface area contributed by atoms with Crippen LogP contribution in [0.4, 0.5) is 5.82 Å². The lowest BCUT2D eigenvalue weighted by atomic mass is 10.1. The molecular formula is C10H13N3OS. The number of rotatable bonds is 3. The normalized spacial score (nSPS) is 11.9. The van der Waals surface area contributed by atoms with E-state index in [4.69, 9.17) is 18.0 Å². The van der Waals surface area contributed by atoms with Crippen molar-refractivity contribution in [3.63, 3.8) is 0 Å². The highest BCUT2D eigenvalue weighted by molar-refractivity contribution is 7.80. The van der Waals surface area contributed by atoms with Crippen LogP contribution in [0.3, 0.4) is 0 Å². The zero-order valence-corrected chi connectivity index (χ0v) is 9.47. The van der Waals surface area contributed by atoms with Crippen molar-refractivity contribution in [1.29, 1.82) is 0 Å². The molecule has 0 fully saturated rings. The summed E-state index contributed by atoms with van der Waals surface area (Å²) in [4.78, 5) is 15.7. The number of amides is 1. The van der Waals surface area contributed by atoms with Crippen molar-refractivity contribution < 1.29 is 4.79 Å². The number of aryl methyl sites for hydroxylation is 1. The lowest BCUT2D eigenvalue weighted by Gasteiger charge is -2.09. The number of aromatic nitrogens is 1. The van der Waals surface area contributed by atoms with E-state index in [1.165, 1.54) is 0 Å². The van der Waals surface area contributed by atoms with Gasteiger partial charge in [0.1, 0.15) is 5.82 Å². The van der Waals surface area contributed by atoms with Gasteiger partial charge in [0.15, 0.2) is 0 Å². The van der Waals surface area contributed by atoms with E-state index in [1.54, 1.807) is 19.2 Å². The Kier molecular flexibility index (Phi) is 3.74. The lowest BCUT2D eigenvalue weighted by Crippen LogP contribution is -2.31. The molecule has 0 aliphatic heterocycles. The fourth-order valence-electron chi connectivity index (χ4n) is 0.968. The number of nitrogens with zero attached hydrogens (tertiary/aromatic N) is 1. The van der Waals surface area contributed by atoms with Crippen LogP contribution < -0.4 is 11.1 Å². The summed E-state index contributed by atoms with van der Waals surface area (Å²) in [6.07, 6.45) is 1.64. The third-order valence-corrected chi connectivity index (χ3v) is 2.34. The van der Waals surface area contributed by atoms with Gasteiger partial charge in [-0.1, -0.05) is 12.2 Å². The zero-order chi connectivity index (χ0) is 11.4. The molecule has 3 N–H and O–H groups in total. The van der Waals surface area contributed by atoms with E-state index in [2.05, 4.69) is 10.3 Å². The second kappa shape index (κ2) is 4.84. The van der Waals surface area contributed by atoms with E-state index >= 15 is 0 Å². The first kappa shape index (κ1) is 11.6. The van der Waals surface area contributed by atoms with Crippen molar-refractivity contribution in [2.75, 3.05) is 5.32 Å². The number of carbonyl (C=O) groups is 1. The van der Waals surface area contributed by atoms with Crippen LogP contribution >= 0.6 is 12.2 Å². The minimum absolute atomic E-state index is 0.181. The minimum atomic E-state index is -0.484. The summed E-state index contributed by atoms with van der Waals surface area (Å²) in [5, 5.41) is 2.65. The van der Waals surface area contributed by atoms with Crippen LogP contribution in [-0.4, -0.2) is 15.9 Å². The zero-order valence-electron chi connectivity index (χ0n) is 8.65. The lowest BCUT2D eigenvalue weighted by molar-refractivity contribution is -0.117. The first-order valence-electron chi connectivity index (χ1n) is 4.53. The maximum atomic E-state index is 11.5. The summed E-state index contributed by atoms with van der Waals surface area (Å²) in [5.41, 5.74) is 6.40. The summed E-state index contributed by atoms with van der Waals surface area (Å²) in [5.74, 6) is -0.203. The Morgan fingerprint density at radius 3 is 2.87 bits per heavy atom. The molecule has 0 saturated carbocycles. The van der Waals surface area contributed by atoms with Gasteiger partial charge in [0.2, 0.25) is 5.91 Å². The fourth-order valence-corrected chi connectivity index (χ4v) is 1.08. The van der Waals surface area contributed by atoms with Gasteiger partial charge in [0, 0.05) is 6.20 Å². The Balaban J connectivity index is 2.70. The van der Waals surface area contributed by atoms with Crippen molar-refractivity contribution >= 4 is 28.9 Å². The van der Waals surface area contributed by atoms with Crippen molar-refractivity contribution in [2.24, 2.45) is 11.7 Å². The van der Waals surface area contributed by atoms with Crippen LogP contribution in [0.1, 0.15) is 12.5 Å². The van der Waals surface area contributed by atoms with Gasteiger partial charge in [0.25, 0.3) is 0 Å². The highest BCUT2D eigenvalue weighted by Crippen LogP contribution is 2.07. The van der Waals surface area contributed by atoms with Crippen molar-refractivity contribution in [1.82, 2.24) is 4.98 Å². The number of pyridine rings is 1. The molecule has 0 aliphatic carbocycles. The smallest absolute Gasteiger partial charge is 0.235 e. The van der Waals surface area contributed by atoms with Gasteiger partial charge in [-0.25, -0.2) is 4.98 Å². The number of hydrogen-bond acceptors (Lipinski definition) is 3. The van der Waals surface area contributed by atoms with E-state index in [1.807, 2.05) is 13.0 Å².